The highest BCUT2D eigenvalue weighted by atomic mass is 32.2. The first-order valence-corrected chi connectivity index (χ1v) is 7.68. The van der Waals surface area contributed by atoms with E-state index in [1.54, 1.807) is 11.8 Å². The van der Waals surface area contributed by atoms with Crippen LogP contribution >= 0.6 is 11.8 Å². The van der Waals surface area contributed by atoms with Gasteiger partial charge in [-0.3, -0.25) is 4.79 Å². The number of anilines is 1. The molecule has 20 heavy (non-hydrogen) atoms. The molecule has 2 rings (SSSR count). The van der Waals surface area contributed by atoms with Gasteiger partial charge in [0, 0.05) is 22.8 Å². The van der Waals surface area contributed by atoms with Gasteiger partial charge in [-0.15, -0.1) is 11.8 Å². The van der Waals surface area contributed by atoms with Crippen molar-refractivity contribution in [1.82, 2.24) is 0 Å². The lowest BCUT2D eigenvalue weighted by Crippen LogP contribution is -2.12. The number of thioether (sulfide) groups is 1. The third kappa shape index (κ3) is 4.74. The second kappa shape index (κ2) is 7.15. The molecule has 0 aliphatic heterocycles. The molecule has 0 aliphatic rings. The van der Waals surface area contributed by atoms with Gasteiger partial charge in [0.25, 0.3) is 0 Å². The Labute approximate surface area is 124 Å². The maximum atomic E-state index is 11.8. The zero-order chi connectivity index (χ0) is 14.4. The van der Waals surface area contributed by atoms with Gasteiger partial charge in [0.05, 0.1) is 0 Å². The number of hydrogen-bond acceptors (Lipinski definition) is 2. The summed E-state index contributed by atoms with van der Waals surface area (Å²) < 4.78 is 0. The normalized spacial score (nSPS) is 10.3. The van der Waals surface area contributed by atoms with E-state index in [9.17, 15) is 4.79 Å². The lowest BCUT2D eigenvalue weighted by atomic mass is 10.2. The second-order valence-corrected chi connectivity index (χ2v) is 5.99. The Kier molecular flexibility index (Phi) is 5.24. The van der Waals surface area contributed by atoms with Crippen LogP contribution in [-0.4, -0.2) is 11.7 Å². The van der Waals surface area contributed by atoms with Crippen LogP contribution < -0.4 is 5.32 Å². The van der Waals surface area contributed by atoms with Gasteiger partial charge < -0.3 is 5.32 Å². The number of amides is 1. The molecule has 0 saturated carbocycles. The van der Waals surface area contributed by atoms with Gasteiger partial charge in [-0.2, -0.15) is 0 Å². The summed E-state index contributed by atoms with van der Waals surface area (Å²) in [5.74, 6) is 0.856. The van der Waals surface area contributed by atoms with Crippen LogP contribution in [0.15, 0.2) is 53.4 Å². The van der Waals surface area contributed by atoms with E-state index in [0.29, 0.717) is 6.42 Å². The summed E-state index contributed by atoms with van der Waals surface area (Å²) in [6, 6.07) is 16.2. The molecule has 0 aliphatic carbocycles. The number of carbonyl (C=O) groups excluding carboxylic acids is 1. The number of aryl methyl sites for hydroxylation is 2. The summed E-state index contributed by atoms with van der Waals surface area (Å²) in [4.78, 5) is 13.0. The largest absolute Gasteiger partial charge is 0.326 e. The summed E-state index contributed by atoms with van der Waals surface area (Å²) in [6.45, 7) is 4.10. The Morgan fingerprint density at radius 1 is 0.950 bits per heavy atom. The predicted octanol–water partition coefficient (Wildman–Crippen LogP) is 4.42. The molecule has 2 aromatic rings. The van der Waals surface area contributed by atoms with Crippen molar-refractivity contribution in [3.05, 3.63) is 59.7 Å². The van der Waals surface area contributed by atoms with Gasteiger partial charge in [-0.1, -0.05) is 35.4 Å². The molecule has 0 saturated heterocycles. The summed E-state index contributed by atoms with van der Waals surface area (Å²) >= 11 is 1.71. The Morgan fingerprint density at radius 3 is 2.10 bits per heavy atom. The maximum absolute atomic E-state index is 11.8. The van der Waals surface area contributed by atoms with Gasteiger partial charge >= 0.3 is 0 Å². The minimum atomic E-state index is 0.0634. The van der Waals surface area contributed by atoms with E-state index in [-0.39, 0.29) is 5.91 Å². The first-order valence-electron chi connectivity index (χ1n) is 6.69. The van der Waals surface area contributed by atoms with Crippen molar-refractivity contribution in [2.24, 2.45) is 0 Å². The Balaban J connectivity index is 1.75. The molecule has 0 fully saturated rings. The Bertz CT molecular complexity index is 561. The first kappa shape index (κ1) is 14.7. The van der Waals surface area contributed by atoms with Crippen LogP contribution in [0.4, 0.5) is 5.69 Å². The smallest absolute Gasteiger partial charge is 0.225 e. The van der Waals surface area contributed by atoms with E-state index in [1.165, 1.54) is 16.0 Å². The van der Waals surface area contributed by atoms with Crippen LogP contribution in [0.2, 0.25) is 0 Å². The van der Waals surface area contributed by atoms with E-state index in [4.69, 9.17) is 0 Å². The van der Waals surface area contributed by atoms with Crippen LogP contribution in [0.1, 0.15) is 17.5 Å². The molecule has 0 spiro atoms. The lowest BCUT2D eigenvalue weighted by molar-refractivity contribution is -0.115. The topological polar surface area (TPSA) is 29.1 Å². The summed E-state index contributed by atoms with van der Waals surface area (Å²) in [5.41, 5.74) is 3.31. The van der Waals surface area contributed by atoms with Crippen LogP contribution in [0.5, 0.6) is 0 Å². The molecule has 2 aromatic carbocycles. The second-order valence-electron chi connectivity index (χ2n) is 4.83. The van der Waals surface area contributed by atoms with Gasteiger partial charge in [-0.05, 0) is 38.1 Å². The monoisotopic (exact) mass is 285 g/mol. The van der Waals surface area contributed by atoms with E-state index >= 15 is 0 Å². The molecule has 0 aromatic heterocycles. The van der Waals surface area contributed by atoms with Gasteiger partial charge in [-0.25, -0.2) is 0 Å². The summed E-state index contributed by atoms with van der Waals surface area (Å²) in [6.07, 6.45) is 0.520. The molecule has 0 unspecified atom stereocenters. The highest BCUT2D eigenvalue weighted by Gasteiger charge is 2.03. The van der Waals surface area contributed by atoms with Crippen LogP contribution in [0.3, 0.4) is 0 Å². The quantitative estimate of drug-likeness (QED) is 0.824. The zero-order valence-electron chi connectivity index (χ0n) is 11.8. The summed E-state index contributed by atoms with van der Waals surface area (Å²) in [5, 5.41) is 2.91. The molecule has 2 nitrogen and oxygen atoms in total. The number of hydrogen-bond donors (Lipinski definition) is 1. The van der Waals surface area contributed by atoms with Crippen LogP contribution in [0.25, 0.3) is 0 Å². The van der Waals surface area contributed by atoms with Gasteiger partial charge in [0.2, 0.25) is 5.91 Å². The van der Waals surface area contributed by atoms with Crippen molar-refractivity contribution in [3.8, 4) is 0 Å². The fraction of sp³-hybridized carbons (Fsp3) is 0.235. The fourth-order valence-electron chi connectivity index (χ4n) is 1.76. The van der Waals surface area contributed by atoms with E-state index in [0.717, 1.165) is 11.4 Å². The number of nitrogens with one attached hydrogen (secondary N) is 1. The standard InChI is InChI=1S/C17H19NOS/c1-13-3-7-15(8-4-13)18-17(19)11-12-20-16-9-5-14(2)6-10-16/h3-10H,11-12H2,1-2H3,(H,18,19). The maximum Gasteiger partial charge on any atom is 0.225 e. The average molecular weight is 285 g/mol. The highest BCUT2D eigenvalue weighted by Crippen LogP contribution is 2.19. The number of benzene rings is 2. The lowest BCUT2D eigenvalue weighted by Gasteiger charge is -2.05. The van der Waals surface area contributed by atoms with E-state index in [1.807, 2.05) is 31.2 Å². The van der Waals surface area contributed by atoms with Crippen molar-refractivity contribution < 1.29 is 4.79 Å². The van der Waals surface area contributed by atoms with Gasteiger partial charge in [0.15, 0.2) is 0 Å². The number of rotatable bonds is 5. The molecule has 104 valence electrons. The average Bonchev–Trinajstić information content (AvgIpc) is 2.44. The molecule has 0 atom stereocenters. The zero-order valence-corrected chi connectivity index (χ0v) is 12.7. The van der Waals surface area contributed by atoms with Gasteiger partial charge in [0.1, 0.15) is 0 Å². The summed E-state index contributed by atoms with van der Waals surface area (Å²) in [7, 11) is 0. The molecule has 0 bridgehead atoms. The molecular weight excluding hydrogens is 266 g/mol. The van der Waals surface area contributed by atoms with Crippen molar-refractivity contribution in [2.45, 2.75) is 25.2 Å². The van der Waals surface area contributed by atoms with Crippen LogP contribution in [-0.2, 0) is 4.79 Å². The molecule has 0 heterocycles. The van der Waals surface area contributed by atoms with Crippen molar-refractivity contribution in [1.29, 1.82) is 0 Å². The molecule has 3 heteroatoms. The van der Waals surface area contributed by atoms with E-state index < -0.39 is 0 Å². The number of carbonyl (C=O) groups is 1. The molecule has 1 N–H and O–H groups in total. The molecule has 0 radical (unpaired) electrons. The third-order valence-electron chi connectivity index (χ3n) is 2.95. The molecular formula is C17H19NOS. The van der Waals surface area contributed by atoms with Crippen molar-refractivity contribution in [2.75, 3.05) is 11.1 Å². The van der Waals surface area contributed by atoms with Crippen LogP contribution in [0, 0.1) is 13.8 Å². The first-order chi connectivity index (χ1) is 9.63. The van der Waals surface area contributed by atoms with Crippen molar-refractivity contribution in [3.63, 3.8) is 0 Å². The minimum Gasteiger partial charge on any atom is -0.326 e. The Hall–Kier alpha value is -1.74. The minimum absolute atomic E-state index is 0.0634. The Morgan fingerprint density at radius 2 is 1.50 bits per heavy atom. The fourth-order valence-corrected chi connectivity index (χ4v) is 2.61. The SMILES string of the molecule is Cc1ccc(NC(=O)CCSc2ccc(C)cc2)cc1. The van der Waals surface area contributed by atoms with E-state index in [2.05, 4.69) is 36.5 Å². The highest BCUT2D eigenvalue weighted by molar-refractivity contribution is 7.99. The predicted molar refractivity (Wildman–Crippen MR) is 86.3 cm³/mol. The molecule has 1 amide bonds. The van der Waals surface area contributed by atoms with Crippen molar-refractivity contribution >= 4 is 23.4 Å². The third-order valence-corrected chi connectivity index (χ3v) is 3.97.